The van der Waals surface area contributed by atoms with E-state index >= 15 is 0 Å². The molecule has 0 bridgehead atoms. The Morgan fingerprint density at radius 2 is 1.63 bits per heavy atom. The molecule has 3 fully saturated rings. The summed E-state index contributed by atoms with van der Waals surface area (Å²) in [6, 6.07) is 20.5. The molecule has 3 aliphatic rings. The van der Waals surface area contributed by atoms with Gasteiger partial charge in [0.05, 0.1) is 4.91 Å². The number of benzene rings is 3. The van der Waals surface area contributed by atoms with Crippen LogP contribution in [-0.4, -0.2) is 59.1 Å². The first kappa shape index (κ1) is 29.8. The molecule has 2 saturated heterocycles. The number of piperazine rings is 1. The van der Waals surface area contributed by atoms with Crippen molar-refractivity contribution in [2.45, 2.75) is 64.3 Å². The Labute approximate surface area is 264 Å². The van der Waals surface area contributed by atoms with Gasteiger partial charge in [-0.05, 0) is 86.2 Å². The number of rotatable bonds is 5. The van der Waals surface area contributed by atoms with Crippen molar-refractivity contribution in [1.29, 1.82) is 0 Å². The number of carbonyl (C=O) groups is 2. The number of hydrogen-bond donors (Lipinski definition) is 0. The summed E-state index contributed by atoms with van der Waals surface area (Å²) in [7, 11) is 0. The normalized spacial score (nSPS) is 21.7. The standard InChI is InChI=1S/C36H40ClN3O2S/c1-24-8-9-25(2)29(20-24)23-40-31-6-4-5-7-33(31)43-34(36(40)42)21-27-11-13-28(14-12-27)35(41)39-18-16-38(17-19-39)32-22-30(37)15-10-26(32)3/h8-15,20-22,31,33H,4-7,16-19,23H2,1-3H3/b34-21-. The number of fused-ring (bicyclic) bond motifs is 1. The molecule has 2 heterocycles. The van der Waals surface area contributed by atoms with Crippen molar-refractivity contribution in [3.63, 3.8) is 0 Å². The van der Waals surface area contributed by atoms with Crippen LogP contribution in [0, 0.1) is 20.8 Å². The van der Waals surface area contributed by atoms with E-state index < -0.39 is 0 Å². The molecular formula is C36H40ClN3O2S. The highest BCUT2D eigenvalue weighted by Gasteiger charge is 2.40. The number of aryl methyl sites for hydroxylation is 3. The van der Waals surface area contributed by atoms with Gasteiger partial charge in [0.25, 0.3) is 11.8 Å². The Hall–Kier alpha value is -3.22. The van der Waals surface area contributed by atoms with Gasteiger partial charge in [-0.3, -0.25) is 9.59 Å². The summed E-state index contributed by atoms with van der Waals surface area (Å²) >= 11 is 8.00. The van der Waals surface area contributed by atoms with E-state index in [0.717, 1.165) is 47.1 Å². The van der Waals surface area contributed by atoms with Gasteiger partial charge in [0, 0.05) is 60.3 Å². The number of carbonyl (C=O) groups excluding carboxylic acids is 2. The minimum Gasteiger partial charge on any atom is -0.368 e. The first-order valence-corrected chi connectivity index (χ1v) is 16.7. The summed E-state index contributed by atoms with van der Waals surface area (Å²) < 4.78 is 0. The van der Waals surface area contributed by atoms with E-state index in [0.29, 0.717) is 30.4 Å². The number of halogens is 1. The fraction of sp³-hybridized carbons (Fsp3) is 0.389. The van der Waals surface area contributed by atoms with Gasteiger partial charge in [0.2, 0.25) is 0 Å². The molecule has 224 valence electrons. The van der Waals surface area contributed by atoms with Crippen LogP contribution in [0.15, 0.2) is 65.6 Å². The molecule has 6 rings (SSSR count). The third kappa shape index (κ3) is 6.51. The van der Waals surface area contributed by atoms with E-state index in [9.17, 15) is 9.59 Å². The molecule has 0 spiro atoms. The fourth-order valence-electron chi connectivity index (χ4n) is 6.65. The SMILES string of the molecule is Cc1ccc(C)c(CN2C(=O)/C(=C/c3ccc(C(=O)N4CCN(c5cc(Cl)ccc5C)CC4)cc3)SC3CCCCC32)c1. The molecule has 43 heavy (non-hydrogen) atoms. The topological polar surface area (TPSA) is 43.9 Å². The van der Waals surface area contributed by atoms with Crippen molar-refractivity contribution < 1.29 is 9.59 Å². The smallest absolute Gasteiger partial charge is 0.260 e. The minimum absolute atomic E-state index is 0.0505. The van der Waals surface area contributed by atoms with Crippen LogP contribution < -0.4 is 4.90 Å². The van der Waals surface area contributed by atoms with Gasteiger partial charge in [-0.1, -0.05) is 66.4 Å². The van der Waals surface area contributed by atoms with Crippen LogP contribution in [0.3, 0.4) is 0 Å². The molecule has 3 aromatic carbocycles. The summed E-state index contributed by atoms with van der Waals surface area (Å²) in [5, 5.41) is 1.16. The van der Waals surface area contributed by atoms with Gasteiger partial charge in [-0.25, -0.2) is 0 Å². The molecule has 7 heteroatoms. The lowest BCUT2D eigenvalue weighted by Gasteiger charge is -2.44. The number of nitrogens with zero attached hydrogens (tertiary/aromatic N) is 3. The van der Waals surface area contributed by atoms with Gasteiger partial charge in [-0.15, -0.1) is 11.8 Å². The first-order valence-electron chi connectivity index (χ1n) is 15.4. The number of anilines is 1. The van der Waals surface area contributed by atoms with Gasteiger partial charge in [-0.2, -0.15) is 0 Å². The predicted molar refractivity (Wildman–Crippen MR) is 179 cm³/mol. The lowest BCUT2D eigenvalue weighted by Crippen LogP contribution is -2.50. The summed E-state index contributed by atoms with van der Waals surface area (Å²) in [5.74, 6) is 0.177. The second-order valence-corrected chi connectivity index (χ2v) is 13.9. The van der Waals surface area contributed by atoms with Crippen molar-refractivity contribution >= 4 is 46.9 Å². The molecule has 0 N–H and O–H groups in total. The van der Waals surface area contributed by atoms with E-state index in [4.69, 9.17) is 11.6 Å². The Morgan fingerprint density at radius 3 is 2.40 bits per heavy atom. The molecule has 3 aromatic rings. The van der Waals surface area contributed by atoms with E-state index in [-0.39, 0.29) is 17.9 Å². The minimum atomic E-state index is 0.0505. The molecule has 2 aliphatic heterocycles. The quantitative estimate of drug-likeness (QED) is 0.277. The van der Waals surface area contributed by atoms with Crippen molar-refractivity contribution in [2.75, 3.05) is 31.1 Å². The van der Waals surface area contributed by atoms with Crippen LogP contribution in [0.1, 0.15) is 63.9 Å². The summed E-state index contributed by atoms with van der Waals surface area (Å²) in [4.78, 5) is 34.4. The van der Waals surface area contributed by atoms with Crippen molar-refractivity contribution in [3.05, 3.63) is 104 Å². The number of hydrogen-bond acceptors (Lipinski definition) is 4. The number of amides is 2. The maximum Gasteiger partial charge on any atom is 0.260 e. The Bertz CT molecular complexity index is 1540. The highest BCUT2D eigenvalue weighted by molar-refractivity contribution is 8.04. The number of thioether (sulfide) groups is 1. The molecule has 1 aliphatic carbocycles. The van der Waals surface area contributed by atoms with E-state index in [1.807, 2.05) is 53.4 Å². The molecule has 2 amide bonds. The van der Waals surface area contributed by atoms with E-state index in [1.165, 1.54) is 35.1 Å². The summed E-state index contributed by atoms with van der Waals surface area (Å²) in [6.45, 7) is 9.88. The van der Waals surface area contributed by atoms with Crippen LogP contribution in [0.2, 0.25) is 5.02 Å². The zero-order valence-corrected chi connectivity index (χ0v) is 26.9. The Balaban J connectivity index is 1.14. The van der Waals surface area contributed by atoms with Gasteiger partial charge in [0.1, 0.15) is 0 Å². The van der Waals surface area contributed by atoms with Crippen LogP contribution in [0.25, 0.3) is 6.08 Å². The average Bonchev–Trinajstić information content (AvgIpc) is 3.02. The average molecular weight is 614 g/mol. The lowest BCUT2D eigenvalue weighted by molar-refractivity contribution is -0.130. The zero-order chi connectivity index (χ0) is 30.1. The summed E-state index contributed by atoms with van der Waals surface area (Å²) in [6.07, 6.45) is 6.64. The molecule has 0 aromatic heterocycles. The molecule has 1 saturated carbocycles. The van der Waals surface area contributed by atoms with Crippen LogP contribution in [0.5, 0.6) is 0 Å². The maximum absolute atomic E-state index is 13.9. The summed E-state index contributed by atoms with van der Waals surface area (Å²) in [5.41, 5.74) is 7.65. The lowest BCUT2D eigenvalue weighted by atomic mass is 9.92. The van der Waals surface area contributed by atoms with E-state index in [1.54, 1.807) is 11.8 Å². The van der Waals surface area contributed by atoms with Gasteiger partial charge >= 0.3 is 0 Å². The van der Waals surface area contributed by atoms with Crippen molar-refractivity contribution in [3.8, 4) is 0 Å². The van der Waals surface area contributed by atoms with Crippen molar-refractivity contribution in [2.24, 2.45) is 0 Å². The Kier molecular flexibility index (Phi) is 8.88. The highest BCUT2D eigenvalue weighted by atomic mass is 35.5. The predicted octanol–water partition coefficient (Wildman–Crippen LogP) is 7.66. The zero-order valence-electron chi connectivity index (χ0n) is 25.3. The first-order chi connectivity index (χ1) is 20.8. The van der Waals surface area contributed by atoms with Crippen LogP contribution >= 0.6 is 23.4 Å². The third-order valence-corrected chi connectivity index (χ3v) is 10.8. The van der Waals surface area contributed by atoms with E-state index in [2.05, 4.69) is 48.8 Å². The molecule has 2 unspecified atom stereocenters. The second-order valence-electron chi connectivity index (χ2n) is 12.2. The second kappa shape index (κ2) is 12.8. The highest BCUT2D eigenvalue weighted by Crippen LogP contribution is 2.43. The largest absolute Gasteiger partial charge is 0.368 e. The molecule has 5 nitrogen and oxygen atoms in total. The fourth-order valence-corrected chi connectivity index (χ4v) is 8.28. The molecule has 2 atom stereocenters. The van der Waals surface area contributed by atoms with Gasteiger partial charge in [0.15, 0.2) is 0 Å². The monoisotopic (exact) mass is 613 g/mol. The Morgan fingerprint density at radius 1 is 0.907 bits per heavy atom. The van der Waals surface area contributed by atoms with Gasteiger partial charge < -0.3 is 14.7 Å². The van der Waals surface area contributed by atoms with Crippen molar-refractivity contribution in [1.82, 2.24) is 9.80 Å². The van der Waals surface area contributed by atoms with Crippen LogP contribution in [-0.2, 0) is 11.3 Å². The molecule has 0 radical (unpaired) electrons. The maximum atomic E-state index is 13.9. The van der Waals surface area contributed by atoms with Crippen LogP contribution in [0.4, 0.5) is 5.69 Å². The third-order valence-electron chi connectivity index (χ3n) is 9.20. The molecular weight excluding hydrogens is 574 g/mol.